The van der Waals surface area contributed by atoms with Gasteiger partial charge in [0.05, 0.1) is 26.2 Å². The van der Waals surface area contributed by atoms with Crippen molar-refractivity contribution in [1.29, 1.82) is 0 Å². The van der Waals surface area contributed by atoms with Crippen molar-refractivity contribution < 1.29 is 33.8 Å². The van der Waals surface area contributed by atoms with E-state index >= 15 is 0 Å². The molecule has 2 saturated heterocycles. The van der Waals surface area contributed by atoms with Gasteiger partial charge in [0.1, 0.15) is 24.5 Å². The molecular weight excluding hydrogens is 406 g/mol. The number of nitrogens with zero attached hydrogens (tertiary/aromatic N) is 2. The van der Waals surface area contributed by atoms with Crippen molar-refractivity contribution in [1.82, 2.24) is 15.1 Å². The number of ketones is 1. The summed E-state index contributed by atoms with van der Waals surface area (Å²) < 4.78 is 10.7. The first-order chi connectivity index (χ1) is 14.9. The molecule has 10 heteroatoms. The summed E-state index contributed by atoms with van der Waals surface area (Å²) in [5.74, 6) is -0.296. The number of morpholine rings is 1. The monoisotopic (exact) mass is 433 g/mol. The third kappa shape index (κ3) is 5.80. The Morgan fingerprint density at radius 1 is 1.23 bits per heavy atom. The molecule has 31 heavy (non-hydrogen) atoms. The lowest BCUT2D eigenvalue weighted by Crippen LogP contribution is -2.44. The molecule has 2 atom stereocenters. The van der Waals surface area contributed by atoms with Crippen LogP contribution >= 0.6 is 0 Å². The predicted molar refractivity (Wildman–Crippen MR) is 109 cm³/mol. The Morgan fingerprint density at radius 3 is 2.55 bits per heavy atom. The van der Waals surface area contributed by atoms with E-state index in [4.69, 9.17) is 9.47 Å². The minimum Gasteiger partial charge on any atom is -0.491 e. The van der Waals surface area contributed by atoms with E-state index in [9.17, 15) is 24.3 Å². The maximum atomic E-state index is 12.5. The molecular formula is C21H27N3O7. The van der Waals surface area contributed by atoms with E-state index in [2.05, 4.69) is 5.32 Å². The molecule has 0 unspecified atom stereocenters. The third-order valence-electron chi connectivity index (χ3n) is 5.18. The van der Waals surface area contributed by atoms with Crippen LogP contribution in [-0.2, 0) is 14.3 Å². The average Bonchev–Trinajstić information content (AvgIpc) is 3.05. The van der Waals surface area contributed by atoms with E-state index < -0.39 is 24.1 Å². The summed E-state index contributed by atoms with van der Waals surface area (Å²) in [4.78, 5) is 51.2. The number of Topliss-reactive ketones (excluding diaryl/α,β-unsaturated/α-hetero) is 1. The lowest BCUT2D eigenvalue weighted by Gasteiger charge is -2.27. The molecule has 0 aromatic heterocycles. The van der Waals surface area contributed by atoms with Gasteiger partial charge in [-0.1, -0.05) is 6.92 Å². The summed E-state index contributed by atoms with van der Waals surface area (Å²) in [6.45, 7) is 3.21. The van der Waals surface area contributed by atoms with Crippen LogP contribution < -0.4 is 10.1 Å². The first-order valence-corrected chi connectivity index (χ1v) is 10.3. The number of urea groups is 1. The molecule has 0 saturated carbocycles. The van der Waals surface area contributed by atoms with E-state index in [1.165, 1.54) is 0 Å². The summed E-state index contributed by atoms with van der Waals surface area (Å²) in [6, 6.07) is 4.93. The van der Waals surface area contributed by atoms with Gasteiger partial charge in [0, 0.05) is 25.1 Å². The zero-order valence-corrected chi connectivity index (χ0v) is 17.4. The number of nitrogens with one attached hydrogen (secondary N) is 1. The molecule has 2 N–H and O–H groups in total. The predicted octanol–water partition coefficient (Wildman–Crippen LogP) is 0.188. The van der Waals surface area contributed by atoms with Crippen LogP contribution in [0.5, 0.6) is 5.75 Å². The van der Waals surface area contributed by atoms with Gasteiger partial charge in [0.15, 0.2) is 5.78 Å². The number of imide groups is 1. The Bertz CT molecular complexity index is 821. The molecule has 168 valence electrons. The highest BCUT2D eigenvalue weighted by atomic mass is 16.5. The van der Waals surface area contributed by atoms with E-state index in [0.717, 1.165) is 4.90 Å². The minimum atomic E-state index is -1.11. The molecule has 0 spiro atoms. The van der Waals surface area contributed by atoms with Gasteiger partial charge < -0.3 is 24.8 Å². The Morgan fingerprint density at radius 2 is 1.90 bits per heavy atom. The average molecular weight is 433 g/mol. The number of hydrogen-bond donors (Lipinski definition) is 2. The fourth-order valence-electron chi connectivity index (χ4n) is 3.40. The molecule has 4 amide bonds. The number of hydrogen-bond acceptors (Lipinski definition) is 7. The van der Waals surface area contributed by atoms with Gasteiger partial charge in [-0.2, -0.15) is 0 Å². The Hall–Kier alpha value is -2.98. The van der Waals surface area contributed by atoms with Crippen molar-refractivity contribution in [3.05, 3.63) is 29.8 Å². The maximum absolute atomic E-state index is 12.5. The molecule has 0 aliphatic carbocycles. The Labute approximate surface area is 180 Å². The number of β-amino-alcohol motifs (C(OH)–C–C–N with tert-alkyl or cyclic N) is 1. The summed E-state index contributed by atoms with van der Waals surface area (Å²) in [5.41, 5.74) is 0.576. The standard InChI is InChI=1S/C21H27N3O7/c1-2-18(26)14-3-5-16(6-4-14)31-13-15(25)12-24-20(28)17(22-21(24)29)11-19(27)23-7-9-30-10-8-23/h3-6,15,17,25H,2,7-13H2,1H3,(H,22,29)/t15-,17+/m0/s1. The van der Waals surface area contributed by atoms with Gasteiger partial charge >= 0.3 is 6.03 Å². The van der Waals surface area contributed by atoms with E-state index in [1.54, 1.807) is 36.1 Å². The molecule has 0 radical (unpaired) electrons. The summed E-state index contributed by atoms with van der Waals surface area (Å²) in [6.07, 6.45) is -0.833. The summed E-state index contributed by atoms with van der Waals surface area (Å²) in [5, 5.41) is 12.7. The molecule has 3 rings (SSSR count). The number of aliphatic hydroxyl groups excluding tert-OH is 1. The molecule has 1 aromatic rings. The van der Waals surface area contributed by atoms with E-state index in [1.807, 2.05) is 0 Å². The number of aliphatic hydroxyl groups is 1. The largest absolute Gasteiger partial charge is 0.491 e. The number of rotatable bonds is 9. The van der Waals surface area contributed by atoms with Gasteiger partial charge in [-0.25, -0.2) is 4.79 Å². The number of benzene rings is 1. The van der Waals surface area contributed by atoms with Crippen LogP contribution in [0.4, 0.5) is 4.79 Å². The molecule has 2 fully saturated rings. The second-order valence-corrected chi connectivity index (χ2v) is 7.41. The van der Waals surface area contributed by atoms with Crippen LogP contribution in [0.25, 0.3) is 0 Å². The minimum absolute atomic E-state index is 0.0202. The smallest absolute Gasteiger partial charge is 0.324 e. The number of ether oxygens (including phenoxy) is 2. The second-order valence-electron chi connectivity index (χ2n) is 7.41. The molecule has 2 heterocycles. The lowest BCUT2D eigenvalue weighted by molar-refractivity contribution is -0.138. The van der Waals surface area contributed by atoms with Gasteiger partial charge in [0.2, 0.25) is 5.91 Å². The highest BCUT2D eigenvalue weighted by molar-refractivity contribution is 6.05. The van der Waals surface area contributed by atoms with Crippen molar-refractivity contribution in [3.8, 4) is 5.75 Å². The summed E-state index contributed by atoms with van der Waals surface area (Å²) >= 11 is 0. The van der Waals surface area contributed by atoms with Crippen molar-refractivity contribution in [3.63, 3.8) is 0 Å². The van der Waals surface area contributed by atoms with Gasteiger partial charge in [-0.15, -0.1) is 0 Å². The summed E-state index contributed by atoms with van der Waals surface area (Å²) in [7, 11) is 0. The van der Waals surface area contributed by atoms with E-state index in [-0.39, 0.29) is 31.3 Å². The van der Waals surface area contributed by atoms with Crippen LogP contribution in [0.3, 0.4) is 0 Å². The van der Waals surface area contributed by atoms with Crippen molar-refractivity contribution in [2.24, 2.45) is 0 Å². The number of carbonyl (C=O) groups is 4. The zero-order valence-electron chi connectivity index (χ0n) is 17.4. The molecule has 0 bridgehead atoms. The maximum Gasteiger partial charge on any atom is 0.324 e. The SMILES string of the molecule is CCC(=O)c1ccc(OC[C@@H](O)CN2C(=O)N[C@H](CC(=O)N3CCOCC3)C2=O)cc1. The highest BCUT2D eigenvalue weighted by Crippen LogP contribution is 2.15. The Balaban J connectivity index is 1.47. The van der Waals surface area contributed by atoms with Crippen molar-refractivity contribution >= 4 is 23.6 Å². The molecule has 2 aliphatic heterocycles. The fraction of sp³-hybridized carbons (Fsp3) is 0.524. The normalized spacial score (nSPS) is 19.9. The van der Waals surface area contributed by atoms with Crippen LogP contribution in [0.15, 0.2) is 24.3 Å². The van der Waals surface area contributed by atoms with Gasteiger partial charge in [0.25, 0.3) is 5.91 Å². The first kappa shape index (κ1) is 22.7. The Kier molecular flexibility index (Phi) is 7.59. The van der Waals surface area contributed by atoms with Crippen LogP contribution in [-0.4, -0.2) is 90.1 Å². The molecule has 2 aliphatic rings. The van der Waals surface area contributed by atoms with Gasteiger partial charge in [-0.3, -0.25) is 19.3 Å². The quantitative estimate of drug-likeness (QED) is 0.421. The zero-order chi connectivity index (χ0) is 22.4. The van der Waals surface area contributed by atoms with Crippen molar-refractivity contribution in [2.45, 2.75) is 31.9 Å². The van der Waals surface area contributed by atoms with Crippen molar-refractivity contribution in [2.75, 3.05) is 39.5 Å². The van der Waals surface area contributed by atoms with Crippen LogP contribution in [0.2, 0.25) is 0 Å². The highest BCUT2D eigenvalue weighted by Gasteiger charge is 2.40. The second kappa shape index (κ2) is 10.4. The third-order valence-corrected chi connectivity index (χ3v) is 5.18. The number of carbonyl (C=O) groups excluding carboxylic acids is 4. The number of amides is 4. The topological polar surface area (TPSA) is 125 Å². The lowest BCUT2D eigenvalue weighted by atomic mass is 10.1. The molecule has 1 aromatic carbocycles. The fourth-order valence-corrected chi connectivity index (χ4v) is 3.40. The first-order valence-electron chi connectivity index (χ1n) is 10.3. The van der Waals surface area contributed by atoms with Crippen LogP contribution in [0.1, 0.15) is 30.1 Å². The van der Waals surface area contributed by atoms with Gasteiger partial charge in [-0.05, 0) is 24.3 Å². The molecule has 10 nitrogen and oxygen atoms in total. The van der Waals surface area contributed by atoms with E-state index in [0.29, 0.717) is 44.0 Å². The van der Waals surface area contributed by atoms with Crippen LogP contribution in [0, 0.1) is 0 Å².